The fourth-order valence-electron chi connectivity index (χ4n) is 2.31. The van der Waals surface area contributed by atoms with E-state index in [1.54, 1.807) is 0 Å². The SMILES string of the molecule is CCCCC(CC)COC(CCC)C(O)CCC. The molecule has 0 heterocycles. The van der Waals surface area contributed by atoms with Crippen molar-refractivity contribution in [2.75, 3.05) is 6.61 Å². The van der Waals surface area contributed by atoms with Crippen molar-refractivity contribution in [3.63, 3.8) is 0 Å². The minimum atomic E-state index is -0.279. The Morgan fingerprint density at radius 3 is 2.06 bits per heavy atom. The smallest absolute Gasteiger partial charge is 0.0833 e. The fourth-order valence-corrected chi connectivity index (χ4v) is 2.31. The summed E-state index contributed by atoms with van der Waals surface area (Å²) in [7, 11) is 0. The van der Waals surface area contributed by atoms with Gasteiger partial charge in [-0.2, -0.15) is 0 Å². The molecule has 3 atom stereocenters. The zero-order valence-electron chi connectivity index (χ0n) is 13.0. The fraction of sp³-hybridized carbons (Fsp3) is 1.00. The van der Waals surface area contributed by atoms with Crippen molar-refractivity contribution < 1.29 is 9.84 Å². The first-order valence-electron chi connectivity index (χ1n) is 7.99. The van der Waals surface area contributed by atoms with Crippen LogP contribution in [0.4, 0.5) is 0 Å². The zero-order chi connectivity index (χ0) is 13.8. The summed E-state index contributed by atoms with van der Waals surface area (Å²) in [4.78, 5) is 0. The van der Waals surface area contributed by atoms with Gasteiger partial charge in [-0.05, 0) is 25.2 Å². The highest BCUT2D eigenvalue weighted by Gasteiger charge is 2.19. The largest absolute Gasteiger partial charge is 0.390 e. The highest BCUT2D eigenvalue weighted by Crippen LogP contribution is 2.17. The molecule has 1 N–H and O–H groups in total. The predicted octanol–water partition coefficient (Wildman–Crippen LogP) is 4.55. The van der Waals surface area contributed by atoms with E-state index in [9.17, 15) is 5.11 Å². The van der Waals surface area contributed by atoms with Gasteiger partial charge in [0.15, 0.2) is 0 Å². The van der Waals surface area contributed by atoms with E-state index in [1.165, 1.54) is 25.7 Å². The van der Waals surface area contributed by atoms with Gasteiger partial charge < -0.3 is 9.84 Å². The number of hydrogen-bond acceptors (Lipinski definition) is 2. The molecule has 0 aromatic rings. The average Bonchev–Trinajstić information content (AvgIpc) is 2.37. The third-order valence-electron chi connectivity index (χ3n) is 3.68. The van der Waals surface area contributed by atoms with Crippen molar-refractivity contribution in [1.29, 1.82) is 0 Å². The summed E-state index contributed by atoms with van der Waals surface area (Å²) < 4.78 is 6.00. The molecule has 0 bridgehead atoms. The summed E-state index contributed by atoms with van der Waals surface area (Å²) >= 11 is 0. The van der Waals surface area contributed by atoms with Crippen LogP contribution in [0.1, 0.15) is 79.1 Å². The number of ether oxygens (including phenoxy) is 1. The third-order valence-corrected chi connectivity index (χ3v) is 3.68. The maximum atomic E-state index is 10.1. The van der Waals surface area contributed by atoms with E-state index in [-0.39, 0.29) is 12.2 Å². The molecule has 3 unspecified atom stereocenters. The van der Waals surface area contributed by atoms with Gasteiger partial charge in [0.2, 0.25) is 0 Å². The Morgan fingerprint density at radius 1 is 0.889 bits per heavy atom. The van der Waals surface area contributed by atoms with Gasteiger partial charge in [0, 0.05) is 6.61 Å². The normalized spacial score (nSPS) is 16.5. The van der Waals surface area contributed by atoms with Crippen molar-refractivity contribution in [3.05, 3.63) is 0 Å². The Balaban J connectivity index is 4.05. The maximum Gasteiger partial charge on any atom is 0.0833 e. The topological polar surface area (TPSA) is 29.5 Å². The standard InChI is InChI=1S/C16H34O2/c1-5-9-12-14(8-4)13-18-16(11-7-3)15(17)10-6-2/h14-17H,5-13H2,1-4H3. The van der Waals surface area contributed by atoms with E-state index < -0.39 is 0 Å². The van der Waals surface area contributed by atoms with Gasteiger partial charge in [-0.3, -0.25) is 0 Å². The zero-order valence-corrected chi connectivity index (χ0v) is 13.0. The van der Waals surface area contributed by atoms with Gasteiger partial charge in [0.05, 0.1) is 12.2 Å². The minimum absolute atomic E-state index is 0.0469. The molecule has 0 amide bonds. The van der Waals surface area contributed by atoms with E-state index in [0.717, 1.165) is 32.3 Å². The molecule has 0 saturated carbocycles. The molecule has 0 fully saturated rings. The van der Waals surface area contributed by atoms with E-state index >= 15 is 0 Å². The summed E-state index contributed by atoms with van der Waals surface area (Å²) in [5, 5.41) is 10.1. The number of hydrogen-bond donors (Lipinski definition) is 1. The van der Waals surface area contributed by atoms with E-state index in [2.05, 4.69) is 27.7 Å². The van der Waals surface area contributed by atoms with Crippen LogP contribution in [0.2, 0.25) is 0 Å². The maximum absolute atomic E-state index is 10.1. The second-order valence-corrected chi connectivity index (χ2v) is 5.43. The molecule has 0 rings (SSSR count). The molecule has 0 aliphatic carbocycles. The lowest BCUT2D eigenvalue weighted by atomic mass is 9.99. The molecule has 2 nitrogen and oxygen atoms in total. The second-order valence-electron chi connectivity index (χ2n) is 5.43. The van der Waals surface area contributed by atoms with Crippen molar-refractivity contribution >= 4 is 0 Å². The van der Waals surface area contributed by atoms with Crippen molar-refractivity contribution in [2.24, 2.45) is 5.92 Å². The van der Waals surface area contributed by atoms with Crippen molar-refractivity contribution in [2.45, 2.75) is 91.3 Å². The lowest BCUT2D eigenvalue weighted by molar-refractivity contribution is -0.0576. The number of unbranched alkanes of at least 4 members (excludes halogenated alkanes) is 1. The molecule has 0 aromatic heterocycles. The quantitative estimate of drug-likeness (QED) is 0.556. The van der Waals surface area contributed by atoms with Crippen LogP contribution in [0.15, 0.2) is 0 Å². The Morgan fingerprint density at radius 2 is 1.56 bits per heavy atom. The third kappa shape index (κ3) is 8.10. The van der Waals surface area contributed by atoms with Crippen LogP contribution in [0.5, 0.6) is 0 Å². The Kier molecular flexibility index (Phi) is 11.9. The minimum Gasteiger partial charge on any atom is -0.390 e. The highest BCUT2D eigenvalue weighted by molar-refractivity contribution is 4.69. The van der Waals surface area contributed by atoms with Crippen LogP contribution >= 0.6 is 0 Å². The second kappa shape index (κ2) is 12.0. The Hall–Kier alpha value is -0.0800. The molecule has 110 valence electrons. The van der Waals surface area contributed by atoms with Gasteiger partial charge in [-0.25, -0.2) is 0 Å². The van der Waals surface area contributed by atoms with Gasteiger partial charge in [-0.1, -0.05) is 59.8 Å². The summed E-state index contributed by atoms with van der Waals surface area (Å²) in [5.74, 6) is 0.665. The summed E-state index contributed by atoms with van der Waals surface area (Å²) in [6, 6.07) is 0. The van der Waals surface area contributed by atoms with E-state index in [1.807, 2.05) is 0 Å². The number of rotatable bonds is 12. The molecule has 0 saturated heterocycles. The van der Waals surface area contributed by atoms with Gasteiger partial charge in [0.25, 0.3) is 0 Å². The first-order chi connectivity index (χ1) is 8.69. The molecule has 0 aliphatic heterocycles. The van der Waals surface area contributed by atoms with Crippen LogP contribution < -0.4 is 0 Å². The first-order valence-corrected chi connectivity index (χ1v) is 7.99. The summed E-state index contributed by atoms with van der Waals surface area (Å²) in [5.41, 5.74) is 0. The lowest BCUT2D eigenvalue weighted by Crippen LogP contribution is -2.30. The van der Waals surface area contributed by atoms with E-state index in [0.29, 0.717) is 5.92 Å². The summed E-state index contributed by atoms with van der Waals surface area (Å²) in [6.07, 6.45) is 8.70. The van der Waals surface area contributed by atoms with Crippen LogP contribution in [0.3, 0.4) is 0 Å². The van der Waals surface area contributed by atoms with Crippen molar-refractivity contribution in [3.8, 4) is 0 Å². The average molecular weight is 258 g/mol. The van der Waals surface area contributed by atoms with Crippen LogP contribution in [-0.2, 0) is 4.74 Å². The van der Waals surface area contributed by atoms with Gasteiger partial charge >= 0.3 is 0 Å². The van der Waals surface area contributed by atoms with E-state index in [4.69, 9.17) is 4.74 Å². The van der Waals surface area contributed by atoms with Gasteiger partial charge in [0.1, 0.15) is 0 Å². The first kappa shape index (κ1) is 17.9. The molecule has 0 spiro atoms. The molecule has 0 aromatic carbocycles. The van der Waals surface area contributed by atoms with Crippen LogP contribution in [-0.4, -0.2) is 23.9 Å². The molecule has 2 heteroatoms. The summed E-state index contributed by atoms with van der Waals surface area (Å²) in [6.45, 7) is 9.56. The number of aliphatic hydroxyl groups is 1. The Labute approximate surface area is 114 Å². The molecule has 0 radical (unpaired) electrons. The van der Waals surface area contributed by atoms with Crippen molar-refractivity contribution in [1.82, 2.24) is 0 Å². The monoisotopic (exact) mass is 258 g/mol. The molecule has 0 aliphatic rings. The molecular formula is C16H34O2. The molecule has 18 heavy (non-hydrogen) atoms. The predicted molar refractivity (Wildman–Crippen MR) is 78.9 cm³/mol. The molecular weight excluding hydrogens is 224 g/mol. The van der Waals surface area contributed by atoms with Gasteiger partial charge in [-0.15, -0.1) is 0 Å². The lowest BCUT2D eigenvalue weighted by Gasteiger charge is -2.25. The Bertz CT molecular complexity index is 170. The highest BCUT2D eigenvalue weighted by atomic mass is 16.5. The van der Waals surface area contributed by atoms with Crippen LogP contribution in [0.25, 0.3) is 0 Å². The number of aliphatic hydroxyl groups excluding tert-OH is 1. The van der Waals surface area contributed by atoms with Crippen LogP contribution in [0, 0.1) is 5.92 Å².